The smallest absolute Gasteiger partial charge is 0.411 e. The first kappa shape index (κ1) is 19.5. The standard InChI is InChI=1S/C20H21NO7S/c1-13-2-5-17(6-3-13)29(23,24)28-11-15-8-14(15)10-25-20(22)21-16-4-7-18-19(9-16)27-12-26-18/h2-7,9,14-15H,8,10-12H2,1H3,(H,21,22). The van der Waals surface area contributed by atoms with Gasteiger partial charge in [0.05, 0.1) is 18.1 Å². The Morgan fingerprint density at radius 3 is 2.59 bits per heavy atom. The number of hydrogen-bond donors (Lipinski definition) is 1. The van der Waals surface area contributed by atoms with Crippen LogP contribution in [-0.2, 0) is 19.0 Å². The number of benzene rings is 2. The van der Waals surface area contributed by atoms with Crippen LogP contribution in [0.5, 0.6) is 11.5 Å². The number of hydrogen-bond acceptors (Lipinski definition) is 7. The molecule has 4 rings (SSSR count). The Labute approximate surface area is 168 Å². The molecule has 8 nitrogen and oxygen atoms in total. The zero-order chi connectivity index (χ0) is 20.4. The number of carbonyl (C=O) groups excluding carboxylic acids is 1. The van der Waals surface area contributed by atoms with E-state index in [1.54, 1.807) is 30.3 Å². The number of rotatable bonds is 7. The van der Waals surface area contributed by atoms with Crippen LogP contribution in [0, 0.1) is 18.8 Å². The number of aryl methyl sites for hydroxylation is 1. The van der Waals surface area contributed by atoms with Crippen molar-refractivity contribution in [1.82, 2.24) is 0 Å². The number of fused-ring (bicyclic) bond motifs is 1. The molecule has 2 aromatic rings. The van der Waals surface area contributed by atoms with E-state index >= 15 is 0 Å². The minimum atomic E-state index is -3.77. The highest BCUT2D eigenvalue weighted by atomic mass is 32.2. The molecule has 0 bridgehead atoms. The topological polar surface area (TPSA) is 100 Å². The van der Waals surface area contributed by atoms with Gasteiger partial charge in [-0.3, -0.25) is 9.50 Å². The molecule has 154 valence electrons. The molecule has 9 heteroatoms. The van der Waals surface area contributed by atoms with Crippen molar-refractivity contribution in [3.63, 3.8) is 0 Å². The molecule has 1 saturated carbocycles. The van der Waals surface area contributed by atoms with Crippen LogP contribution >= 0.6 is 0 Å². The largest absolute Gasteiger partial charge is 0.454 e. The van der Waals surface area contributed by atoms with Crippen LogP contribution in [0.2, 0.25) is 0 Å². The van der Waals surface area contributed by atoms with Gasteiger partial charge in [0.1, 0.15) is 0 Å². The van der Waals surface area contributed by atoms with Gasteiger partial charge in [-0.2, -0.15) is 8.42 Å². The molecular formula is C20H21NO7S. The molecule has 1 fully saturated rings. The molecule has 2 unspecified atom stereocenters. The number of anilines is 1. The summed E-state index contributed by atoms with van der Waals surface area (Å²) in [6.45, 7) is 2.33. The Morgan fingerprint density at radius 1 is 1.07 bits per heavy atom. The van der Waals surface area contributed by atoms with Crippen LogP contribution in [-0.4, -0.2) is 34.5 Å². The normalized spacial score (nSPS) is 19.6. The number of carbonyl (C=O) groups is 1. The molecular weight excluding hydrogens is 398 g/mol. The highest BCUT2D eigenvalue weighted by Gasteiger charge is 2.39. The predicted octanol–water partition coefficient (Wildman–Crippen LogP) is 3.31. The summed E-state index contributed by atoms with van der Waals surface area (Å²) < 4.78 is 45.2. The van der Waals surface area contributed by atoms with Crippen molar-refractivity contribution in [1.29, 1.82) is 0 Å². The lowest BCUT2D eigenvalue weighted by molar-refractivity contribution is 0.152. The highest BCUT2D eigenvalue weighted by molar-refractivity contribution is 7.86. The van der Waals surface area contributed by atoms with Crippen molar-refractivity contribution in [2.75, 3.05) is 25.3 Å². The molecule has 0 aromatic heterocycles. The van der Waals surface area contributed by atoms with E-state index in [-0.39, 0.29) is 36.7 Å². The fourth-order valence-electron chi connectivity index (χ4n) is 2.98. The lowest BCUT2D eigenvalue weighted by Crippen LogP contribution is -2.16. The summed E-state index contributed by atoms with van der Waals surface area (Å²) in [5, 5.41) is 2.63. The average molecular weight is 419 g/mol. The quantitative estimate of drug-likeness (QED) is 0.687. The molecule has 1 amide bonds. The van der Waals surface area contributed by atoms with Gasteiger partial charge >= 0.3 is 6.09 Å². The van der Waals surface area contributed by atoms with Crippen molar-refractivity contribution in [2.24, 2.45) is 11.8 Å². The van der Waals surface area contributed by atoms with Crippen molar-refractivity contribution in [3.8, 4) is 11.5 Å². The van der Waals surface area contributed by atoms with E-state index in [0.29, 0.717) is 17.2 Å². The highest BCUT2D eigenvalue weighted by Crippen LogP contribution is 2.39. The van der Waals surface area contributed by atoms with Gasteiger partial charge in [0.2, 0.25) is 6.79 Å². The van der Waals surface area contributed by atoms with Crippen LogP contribution in [0.25, 0.3) is 0 Å². The molecule has 0 radical (unpaired) electrons. The molecule has 29 heavy (non-hydrogen) atoms. The number of ether oxygens (including phenoxy) is 3. The maximum Gasteiger partial charge on any atom is 0.411 e. The summed E-state index contributed by atoms with van der Waals surface area (Å²) >= 11 is 0. The van der Waals surface area contributed by atoms with Crippen LogP contribution in [0.15, 0.2) is 47.4 Å². The minimum Gasteiger partial charge on any atom is -0.454 e. The maximum atomic E-state index is 12.2. The third-order valence-electron chi connectivity index (χ3n) is 4.86. The SMILES string of the molecule is Cc1ccc(S(=O)(=O)OCC2CC2COC(=O)Nc2ccc3c(c2)OCO3)cc1. The fraction of sp³-hybridized carbons (Fsp3) is 0.350. The van der Waals surface area contributed by atoms with Gasteiger partial charge in [0.15, 0.2) is 11.5 Å². The second-order valence-corrected chi connectivity index (χ2v) is 8.71. The molecule has 2 aliphatic rings. The molecule has 1 heterocycles. The van der Waals surface area contributed by atoms with Gasteiger partial charge in [0.25, 0.3) is 10.1 Å². The van der Waals surface area contributed by atoms with Crippen LogP contribution < -0.4 is 14.8 Å². The summed E-state index contributed by atoms with van der Waals surface area (Å²) in [7, 11) is -3.77. The van der Waals surface area contributed by atoms with Crippen molar-refractivity contribution >= 4 is 21.9 Å². The van der Waals surface area contributed by atoms with E-state index in [1.807, 2.05) is 6.92 Å². The van der Waals surface area contributed by atoms with Crippen molar-refractivity contribution in [3.05, 3.63) is 48.0 Å². The molecule has 2 atom stereocenters. The summed E-state index contributed by atoms with van der Waals surface area (Å²) in [4.78, 5) is 12.1. The number of amides is 1. The monoisotopic (exact) mass is 419 g/mol. The van der Waals surface area contributed by atoms with Crippen molar-refractivity contribution < 1.29 is 31.6 Å². The van der Waals surface area contributed by atoms with Crippen molar-refractivity contribution in [2.45, 2.75) is 18.2 Å². The second kappa shape index (κ2) is 7.92. The Bertz CT molecular complexity index is 1000. The summed E-state index contributed by atoms with van der Waals surface area (Å²) in [6, 6.07) is 11.6. The Morgan fingerprint density at radius 2 is 1.79 bits per heavy atom. The molecule has 1 aliphatic carbocycles. The van der Waals surface area contributed by atoms with Gasteiger partial charge < -0.3 is 14.2 Å². The summed E-state index contributed by atoms with van der Waals surface area (Å²) in [6.07, 6.45) is 0.170. The first-order valence-corrected chi connectivity index (χ1v) is 10.6. The van der Waals surface area contributed by atoms with Gasteiger partial charge in [-0.1, -0.05) is 17.7 Å². The van der Waals surface area contributed by atoms with E-state index in [2.05, 4.69) is 5.32 Å². The predicted molar refractivity (Wildman–Crippen MR) is 103 cm³/mol. The van der Waals surface area contributed by atoms with E-state index in [4.69, 9.17) is 18.4 Å². The zero-order valence-electron chi connectivity index (χ0n) is 15.8. The van der Waals surface area contributed by atoms with Gasteiger partial charge in [0, 0.05) is 11.8 Å². The van der Waals surface area contributed by atoms with Crippen LogP contribution in [0.3, 0.4) is 0 Å². The lowest BCUT2D eigenvalue weighted by atomic mass is 10.2. The van der Waals surface area contributed by atoms with Gasteiger partial charge in [-0.05, 0) is 49.4 Å². The van der Waals surface area contributed by atoms with Crippen LogP contribution in [0.4, 0.5) is 10.5 Å². The maximum absolute atomic E-state index is 12.2. The molecule has 0 spiro atoms. The third-order valence-corrected chi connectivity index (χ3v) is 6.16. The Kier molecular flexibility index (Phi) is 5.33. The van der Waals surface area contributed by atoms with E-state index in [0.717, 1.165) is 12.0 Å². The second-order valence-electron chi connectivity index (χ2n) is 7.10. The zero-order valence-corrected chi connectivity index (χ0v) is 16.6. The Balaban J connectivity index is 1.19. The van der Waals surface area contributed by atoms with E-state index in [1.165, 1.54) is 12.1 Å². The first-order valence-electron chi connectivity index (χ1n) is 9.20. The molecule has 1 N–H and O–H groups in total. The summed E-state index contributed by atoms with van der Waals surface area (Å²) in [5.74, 6) is 1.33. The Hall–Kier alpha value is -2.78. The van der Waals surface area contributed by atoms with Crippen LogP contribution in [0.1, 0.15) is 12.0 Å². The van der Waals surface area contributed by atoms with Gasteiger partial charge in [-0.25, -0.2) is 4.79 Å². The van der Waals surface area contributed by atoms with E-state index in [9.17, 15) is 13.2 Å². The molecule has 1 aliphatic heterocycles. The molecule has 0 saturated heterocycles. The molecule has 2 aromatic carbocycles. The minimum absolute atomic E-state index is 0.0496. The van der Waals surface area contributed by atoms with E-state index < -0.39 is 16.2 Å². The number of nitrogens with one attached hydrogen (secondary N) is 1. The fourth-order valence-corrected chi connectivity index (χ4v) is 3.94. The lowest BCUT2D eigenvalue weighted by Gasteiger charge is -2.08. The third kappa shape index (κ3) is 4.80. The van der Waals surface area contributed by atoms with Gasteiger partial charge in [-0.15, -0.1) is 0 Å². The summed E-state index contributed by atoms with van der Waals surface area (Å²) in [5.41, 5.74) is 1.52. The first-order chi connectivity index (χ1) is 13.9. The average Bonchev–Trinajstić information content (AvgIpc) is 3.29.